The molecule has 1 amide bonds. The number of thioether (sulfide) groups is 1. The summed E-state index contributed by atoms with van der Waals surface area (Å²) in [7, 11) is 0. The van der Waals surface area contributed by atoms with Gasteiger partial charge in [-0.25, -0.2) is 9.66 Å². The van der Waals surface area contributed by atoms with E-state index in [0.717, 1.165) is 35.3 Å². The second-order valence-electron chi connectivity index (χ2n) is 7.14. The van der Waals surface area contributed by atoms with Gasteiger partial charge in [-0.3, -0.25) is 9.59 Å². The summed E-state index contributed by atoms with van der Waals surface area (Å²) in [5.74, 6) is 6.88. The predicted octanol–water partition coefficient (Wildman–Crippen LogP) is 3.19. The van der Waals surface area contributed by atoms with Crippen molar-refractivity contribution in [1.82, 2.24) is 14.6 Å². The Morgan fingerprint density at radius 2 is 2.14 bits per heavy atom. The van der Waals surface area contributed by atoms with Crippen LogP contribution in [0.25, 0.3) is 21.3 Å². The molecule has 1 saturated heterocycles. The molecule has 2 aromatic heterocycles. The van der Waals surface area contributed by atoms with Crippen molar-refractivity contribution in [2.24, 2.45) is 5.92 Å². The number of amides is 1. The van der Waals surface area contributed by atoms with Crippen LogP contribution in [0.4, 0.5) is 0 Å². The Bertz CT molecular complexity index is 1060. The lowest BCUT2D eigenvalue weighted by molar-refractivity contribution is -0.130. The predicted molar refractivity (Wildman–Crippen MR) is 115 cm³/mol. The van der Waals surface area contributed by atoms with Crippen LogP contribution in [0, 0.1) is 5.92 Å². The molecule has 2 N–H and O–H groups in total. The van der Waals surface area contributed by atoms with E-state index in [1.165, 1.54) is 29.5 Å². The Hall–Kier alpha value is -2.32. The highest BCUT2D eigenvalue weighted by molar-refractivity contribution is 7.99. The summed E-state index contributed by atoms with van der Waals surface area (Å²) < 4.78 is 1.07. The zero-order valence-electron chi connectivity index (χ0n) is 15.6. The normalized spacial score (nSPS) is 17.2. The molecule has 0 saturated carbocycles. The lowest BCUT2D eigenvalue weighted by Gasteiger charge is -2.30. The number of carbonyl (C=O) groups is 1. The van der Waals surface area contributed by atoms with Gasteiger partial charge in [0.1, 0.15) is 4.83 Å². The van der Waals surface area contributed by atoms with Crippen LogP contribution >= 0.6 is 23.1 Å². The third-order valence-corrected chi connectivity index (χ3v) is 6.84. The van der Waals surface area contributed by atoms with E-state index in [9.17, 15) is 9.59 Å². The molecule has 1 atom stereocenters. The van der Waals surface area contributed by atoms with Gasteiger partial charge < -0.3 is 10.7 Å². The van der Waals surface area contributed by atoms with Crippen molar-refractivity contribution in [1.29, 1.82) is 0 Å². The van der Waals surface area contributed by atoms with Crippen LogP contribution in [-0.2, 0) is 4.79 Å². The lowest BCUT2D eigenvalue weighted by Crippen LogP contribution is -2.40. The van der Waals surface area contributed by atoms with Crippen molar-refractivity contribution >= 4 is 39.2 Å². The number of thiophene rings is 1. The Labute approximate surface area is 171 Å². The molecular formula is C20H22N4O2S2. The maximum atomic E-state index is 12.9. The summed E-state index contributed by atoms with van der Waals surface area (Å²) in [5.41, 5.74) is 1.52. The van der Waals surface area contributed by atoms with Gasteiger partial charge in [0.15, 0.2) is 5.16 Å². The number of likely N-dealkylation sites (tertiary alicyclic amines) is 1. The molecule has 8 heteroatoms. The number of hydrogen-bond acceptors (Lipinski definition) is 6. The third kappa shape index (κ3) is 3.66. The summed E-state index contributed by atoms with van der Waals surface area (Å²) >= 11 is 2.65. The molecule has 0 radical (unpaired) electrons. The van der Waals surface area contributed by atoms with Crippen LogP contribution in [0.3, 0.4) is 0 Å². The zero-order valence-corrected chi connectivity index (χ0v) is 17.3. The quantitative estimate of drug-likeness (QED) is 0.403. The number of carbonyl (C=O) groups excluding carboxylic acids is 1. The molecule has 3 aromatic rings. The Kier molecular flexibility index (Phi) is 5.41. The smallest absolute Gasteiger partial charge is 0.282 e. The second-order valence-corrected chi connectivity index (χ2v) is 8.94. The Morgan fingerprint density at radius 1 is 1.36 bits per heavy atom. The Balaban J connectivity index is 1.58. The van der Waals surface area contributed by atoms with E-state index in [4.69, 9.17) is 5.84 Å². The lowest BCUT2D eigenvalue weighted by atomic mass is 10.0. The van der Waals surface area contributed by atoms with Gasteiger partial charge in [-0.2, -0.15) is 0 Å². The number of nitrogens with two attached hydrogens (primary N) is 1. The molecule has 0 spiro atoms. The maximum absolute atomic E-state index is 12.9. The van der Waals surface area contributed by atoms with Gasteiger partial charge in [-0.05, 0) is 24.3 Å². The van der Waals surface area contributed by atoms with Gasteiger partial charge in [-0.1, -0.05) is 49.0 Å². The highest BCUT2D eigenvalue weighted by Crippen LogP contribution is 2.31. The molecule has 0 aliphatic carbocycles. The number of aromatic nitrogens is 2. The zero-order chi connectivity index (χ0) is 19.7. The monoisotopic (exact) mass is 414 g/mol. The highest BCUT2D eigenvalue weighted by atomic mass is 32.2. The molecule has 1 fully saturated rings. The van der Waals surface area contributed by atoms with E-state index in [2.05, 4.69) is 11.9 Å². The average molecular weight is 415 g/mol. The van der Waals surface area contributed by atoms with Crippen LogP contribution in [0.2, 0.25) is 0 Å². The van der Waals surface area contributed by atoms with Crippen molar-refractivity contribution in [2.45, 2.75) is 24.9 Å². The number of piperidine rings is 1. The average Bonchev–Trinajstić information content (AvgIpc) is 3.14. The largest absolute Gasteiger partial charge is 0.342 e. The van der Waals surface area contributed by atoms with Crippen LogP contribution in [0.5, 0.6) is 0 Å². The summed E-state index contributed by atoms with van der Waals surface area (Å²) in [6, 6.07) is 9.73. The molecule has 0 bridgehead atoms. The fraction of sp³-hybridized carbons (Fsp3) is 0.350. The summed E-state index contributed by atoms with van der Waals surface area (Å²) in [6.45, 7) is 3.77. The van der Waals surface area contributed by atoms with Crippen LogP contribution in [0.1, 0.15) is 19.8 Å². The number of nitrogen functional groups attached to an aromatic ring is 1. The van der Waals surface area contributed by atoms with E-state index in [-0.39, 0.29) is 17.2 Å². The van der Waals surface area contributed by atoms with Gasteiger partial charge in [0, 0.05) is 24.0 Å². The molecule has 28 heavy (non-hydrogen) atoms. The number of benzene rings is 1. The number of rotatable bonds is 4. The third-order valence-electron chi connectivity index (χ3n) is 5.03. The minimum atomic E-state index is -0.286. The van der Waals surface area contributed by atoms with E-state index in [1.54, 1.807) is 0 Å². The number of hydrogen-bond donors (Lipinski definition) is 1. The topological polar surface area (TPSA) is 81.2 Å². The molecule has 1 aromatic carbocycles. The van der Waals surface area contributed by atoms with E-state index >= 15 is 0 Å². The first-order valence-corrected chi connectivity index (χ1v) is 11.2. The number of fused-ring (bicyclic) bond motifs is 1. The second kappa shape index (κ2) is 7.97. The molecule has 6 nitrogen and oxygen atoms in total. The van der Waals surface area contributed by atoms with E-state index in [0.29, 0.717) is 21.3 Å². The molecule has 1 unspecified atom stereocenters. The van der Waals surface area contributed by atoms with Gasteiger partial charge >= 0.3 is 0 Å². The van der Waals surface area contributed by atoms with Crippen molar-refractivity contribution in [3.05, 3.63) is 46.1 Å². The maximum Gasteiger partial charge on any atom is 0.282 e. The molecule has 1 aliphatic heterocycles. The standard InChI is InChI=1S/C20H22N4O2S2/c1-13-6-5-9-23(10-13)16(25)12-28-20-22-18-17(19(26)24(20)21)15(11-27-18)14-7-3-2-4-8-14/h2-4,7-8,11,13H,5-6,9-10,12,21H2,1H3. The summed E-state index contributed by atoms with van der Waals surface area (Å²) in [5, 5.41) is 2.83. The Morgan fingerprint density at radius 3 is 2.89 bits per heavy atom. The van der Waals surface area contributed by atoms with Crippen LogP contribution in [-0.4, -0.2) is 39.3 Å². The number of nitrogens with zero attached hydrogens (tertiary/aromatic N) is 3. The minimum absolute atomic E-state index is 0.0713. The molecule has 3 heterocycles. The van der Waals surface area contributed by atoms with Gasteiger partial charge in [-0.15, -0.1) is 11.3 Å². The first-order valence-electron chi connectivity index (χ1n) is 9.30. The molecule has 4 rings (SSSR count). The van der Waals surface area contributed by atoms with Crippen molar-refractivity contribution in [3.8, 4) is 11.1 Å². The molecular weight excluding hydrogens is 392 g/mol. The van der Waals surface area contributed by atoms with Gasteiger partial charge in [0.2, 0.25) is 5.91 Å². The fourth-order valence-electron chi connectivity index (χ4n) is 3.55. The van der Waals surface area contributed by atoms with Gasteiger partial charge in [0.25, 0.3) is 5.56 Å². The minimum Gasteiger partial charge on any atom is -0.342 e. The highest BCUT2D eigenvalue weighted by Gasteiger charge is 2.22. The SMILES string of the molecule is CC1CCCN(C(=O)CSc2nc3scc(-c4ccccc4)c3c(=O)n2N)C1. The first-order chi connectivity index (χ1) is 13.5. The van der Waals surface area contributed by atoms with Crippen LogP contribution in [0.15, 0.2) is 45.7 Å². The first kappa shape index (κ1) is 19.0. The van der Waals surface area contributed by atoms with E-state index < -0.39 is 0 Å². The van der Waals surface area contributed by atoms with Crippen LogP contribution < -0.4 is 11.4 Å². The summed E-state index contributed by atoms with van der Waals surface area (Å²) in [6.07, 6.45) is 2.21. The van der Waals surface area contributed by atoms with Gasteiger partial charge in [0.05, 0.1) is 11.1 Å². The van der Waals surface area contributed by atoms with Crippen molar-refractivity contribution in [3.63, 3.8) is 0 Å². The van der Waals surface area contributed by atoms with E-state index in [1.807, 2.05) is 40.6 Å². The van der Waals surface area contributed by atoms with Crippen molar-refractivity contribution in [2.75, 3.05) is 24.7 Å². The molecule has 1 aliphatic rings. The summed E-state index contributed by atoms with van der Waals surface area (Å²) in [4.78, 5) is 32.5. The fourth-order valence-corrected chi connectivity index (χ4v) is 5.36. The van der Waals surface area contributed by atoms with Crippen molar-refractivity contribution < 1.29 is 4.79 Å². The molecule has 146 valence electrons.